The van der Waals surface area contributed by atoms with Crippen molar-refractivity contribution in [2.24, 2.45) is 0 Å². The average Bonchev–Trinajstić information content (AvgIpc) is 2.26. The molecule has 1 rings (SSSR count). The first-order chi connectivity index (χ1) is 8.55. The fourth-order valence-electron chi connectivity index (χ4n) is 1.25. The van der Waals surface area contributed by atoms with Gasteiger partial charge in [0.25, 0.3) is 20.2 Å². The van der Waals surface area contributed by atoms with Crippen LogP contribution in [0.2, 0.25) is 0 Å². The zero-order valence-electron chi connectivity index (χ0n) is 9.72. The number of hydrogen-bond acceptors (Lipinski definition) is 5. The van der Waals surface area contributed by atoms with Crippen molar-refractivity contribution in [1.29, 1.82) is 0 Å². The van der Waals surface area contributed by atoms with Crippen LogP contribution in [-0.4, -0.2) is 43.4 Å². The van der Waals surface area contributed by atoms with E-state index in [4.69, 9.17) is 9.11 Å². The molecule has 0 heterocycles. The summed E-state index contributed by atoms with van der Waals surface area (Å²) >= 11 is 0. The van der Waals surface area contributed by atoms with Gasteiger partial charge in [-0.25, -0.2) is 4.74 Å². The third-order valence-corrected chi connectivity index (χ3v) is 3.91. The van der Waals surface area contributed by atoms with Gasteiger partial charge in [-0.15, -0.1) is 0 Å². The summed E-state index contributed by atoms with van der Waals surface area (Å²) in [5, 5.41) is 11.2. The molecule has 0 radical (unpaired) electrons. The van der Waals surface area contributed by atoms with E-state index in [2.05, 4.69) is 0 Å². The van der Waals surface area contributed by atoms with Gasteiger partial charge in [-0.2, -0.15) is 16.8 Å². The van der Waals surface area contributed by atoms with Crippen molar-refractivity contribution < 1.29 is 30.7 Å². The molecule has 1 aromatic carbocycles. The number of hydrogen-bond donors (Lipinski definition) is 2. The molecular weight excluding hydrogens is 298 g/mol. The second-order valence-corrected chi connectivity index (χ2v) is 6.32. The Morgan fingerprint density at radius 3 is 2.21 bits per heavy atom. The molecule has 0 aliphatic heterocycles. The summed E-state index contributed by atoms with van der Waals surface area (Å²) in [5.41, 5.74) is -0.188. The minimum absolute atomic E-state index is 0.0327. The Kier molecular flexibility index (Phi) is 4.30. The van der Waals surface area contributed by atoms with Crippen molar-refractivity contribution in [3.8, 4) is 0 Å². The normalized spacial score (nSPS) is 13.5. The molecule has 0 fully saturated rings. The third kappa shape index (κ3) is 3.99. The van der Waals surface area contributed by atoms with E-state index in [0.29, 0.717) is 10.8 Å². The summed E-state index contributed by atoms with van der Waals surface area (Å²) in [7, 11) is -9.36. The molecule has 0 aliphatic rings. The first-order valence-electron chi connectivity index (χ1n) is 4.93. The molecule has 8 nitrogen and oxygen atoms in total. The Balaban J connectivity index is 3.61. The predicted molar refractivity (Wildman–Crippen MR) is 65.4 cm³/mol. The molecule has 0 aromatic heterocycles. The molecule has 0 saturated carbocycles. The first-order valence-corrected chi connectivity index (χ1v) is 7.81. The minimum Gasteiger partial charge on any atom is -0.624 e. The van der Waals surface area contributed by atoms with Gasteiger partial charge in [-0.3, -0.25) is 9.11 Å². The Hall–Kier alpha value is -1.49. The van der Waals surface area contributed by atoms with Gasteiger partial charge in [0.05, 0.1) is 10.5 Å². The van der Waals surface area contributed by atoms with E-state index in [1.807, 2.05) is 0 Å². The summed E-state index contributed by atoms with van der Waals surface area (Å²) in [6.45, 7) is 1.55. The second kappa shape index (κ2) is 5.25. The van der Waals surface area contributed by atoms with Gasteiger partial charge in [-0.05, 0) is 25.1 Å². The number of nitrogens with zero attached hydrogens (tertiary/aromatic N) is 1. The molecule has 0 unspecified atom stereocenters. The maximum atomic E-state index is 11.2. The van der Waals surface area contributed by atoms with E-state index in [9.17, 15) is 22.0 Å². The Bertz CT molecular complexity index is 719. The lowest BCUT2D eigenvalue weighted by Crippen LogP contribution is -2.10. The highest BCUT2D eigenvalue weighted by Crippen LogP contribution is 2.19. The summed E-state index contributed by atoms with van der Waals surface area (Å²) in [5.74, 6) is 0. The number of benzene rings is 1. The summed E-state index contributed by atoms with van der Waals surface area (Å²) in [4.78, 5) is -1.48. The van der Waals surface area contributed by atoms with Crippen LogP contribution in [0.15, 0.2) is 28.0 Å². The minimum atomic E-state index is -4.74. The molecule has 10 heteroatoms. The van der Waals surface area contributed by atoms with Gasteiger partial charge in [-0.1, -0.05) is 0 Å². The van der Waals surface area contributed by atoms with Crippen LogP contribution in [0.1, 0.15) is 12.5 Å². The van der Waals surface area contributed by atoms with Crippen molar-refractivity contribution in [3.63, 3.8) is 0 Å². The molecule has 0 atom stereocenters. The Morgan fingerprint density at radius 1 is 1.21 bits per heavy atom. The number of rotatable bonds is 4. The Labute approximate surface area is 110 Å². The highest BCUT2D eigenvalue weighted by Gasteiger charge is 2.20. The zero-order chi connectivity index (χ0) is 14.8. The lowest BCUT2D eigenvalue weighted by atomic mass is 10.2. The first kappa shape index (κ1) is 15.6. The van der Waals surface area contributed by atoms with E-state index in [0.717, 1.165) is 18.3 Å². The molecule has 0 saturated heterocycles. The van der Waals surface area contributed by atoms with E-state index >= 15 is 0 Å². The molecule has 1 aromatic rings. The summed E-state index contributed by atoms with van der Waals surface area (Å²) in [6, 6.07) is 2.48. The van der Waals surface area contributed by atoms with Crippen LogP contribution in [0.3, 0.4) is 0 Å². The fraction of sp³-hybridized carbons (Fsp3) is 0.222. The van der Waals surface area contributed by atoms with Crippen molar-refractivity contribution in [1.82, 2.24) is 0 Å². The van der Waals surface area contributed by atoms with Gasteiger partial charge in [0.15, 0.2) is 12.8 Å². The van der Waals surface area contributed by atoms with E-state index in [1.54, 1.807) is 0 Å². The Morgan fingerprint density at radius 2 is 1.79 bits per heavy atom. The molecule has 0 bridgehead atoms. The molecule has 0 aliphatic carbocycles. The van der Waals surface area contributed by atoms with Gasteiger partial charge in [0.1, 0.15) is 4.90 Å². The number of hydroxylamine groups is 1. The fourth-order valence-corrected chi connectivity index (χ4v) is 2.53. The largest absolute Gasteiger partial charge is 0.624 e. The summed E-state index contributed by atoms with van der Waals surface area (Å²) in [6.07, 6.45) is 0.886. The van der Waals surface area contributed by atoms with Gasteiger partial charge >= 0.3 is 0 Å². The lowest BCUT2D eigenvalue weighted by Gasteiger charge is -2.05. The van der Waals surface area contributed by atoms with Crippen molar-refractivity contribution in [2.75, 3.05) is 6.54 Å². The molecule has 19 heavy (non-hydrogen) atoms. The average molecular weight is 309 g/mol. The van der Waals surface area contributed by atoms with Gasteiger partial charge in [0, 0.05) is 0 Å². The monoisotopic (exact) mass is 309 g/mol. The van der Waals surface area contributed by atoms with Crippen LogP contribution in [0.4, 0.5) is 0 Å². The highest BCUT2D eigenvalue weighted by atomic mass is 32.2. The smallest absolute Gasteiger partial charge is 0.295 e. The standard InChI is InChI=1S/C9H11NO7S2/c1-2-10(11)6-7-3-4-8(18(12,13)14)5-9(7)19(15,16)17/h3-6H,2H2,1H3,(H,12,13,14)(H,15,16,17). The maximum absolute atomic E-state index is 11.2. The van der Waals surface area contributed by atoms with Crippen LogP contribution < -0.4 is 0 Å². The maximum Gasteiger partial charge on any atom is 0.295 e. The molecule has 0 spiro atoms. The third-order valence-electron chi connectivity index (χ3n) is 2.16. The zero-order valence-corrected chi connectivity index (χ0v) is 11.3. The highest BCUT2D eigenvalue weighted by molar-refractivity contribution is 7.86. The SMILES string of the molecule is CC[N+]([O-])=Cc1ccc(S(=O)(=O)O)cc1S(=O)(=O)O. The summed E-state index contributed by atoms with van der Waals surface area (Å²) < 4.78 is 62.3. The van der Waals surface area contributed by atoms with Crippen LogP contribution >= 0.6 is 0 Å². The van der Waals surface area contributed by atoms with Crippen LogP contribution in [-0.2, 0) is 20.2 Å². The van der Waals surface area contributed by atoms with Crippen molar-refractivity contribution in [3.05, 3.63) is 29.0 Å². The molecule has 0 amide bonds. The quantitative estimate of drug-likeness (QED) is 0.265. The molecular formula is C9H11NO7S2. The van der Waals surface area contributed by atoms with E-state index in [1.165, 1.54) is 6.92 Å². The van der Waals surface area contributed by atoms with Gasteiger partial charge < -0.3 is 5.21 Å². The molecule has 2 N–H and O–H groups in total. The van der Waals surface area contributed by atoms with Gasteiger partial charge in [0.2, 0.25) is 0 Å². The van der Waals surface area contributed by atoms with E-state index < -0.39 is 30.0 Å². The predicted octanol–water partition coefficient (Wildman–Crippen LogP) is 0.129. The van der Waals surface area contributed by atoms with Crippen LogP contribution in [0.5, 0.6) is 0 Å². The van der Waals surface area contributed by atoms with Crippen LogP contribution in [0.25, 0.3) is 0 Å². The van der Waals surface area contributed by atoms with Crippen molar-refractivity contribution in [2.45, 2.75) is 16.7 Å². The topological polar surface area (TPSA) is 135 Å². The van der Waals surface area contributed by atoms with E-state index in [-0.39, 0.29) is 12.1 Å². The van der Waals surface area contributed by atoms with Crippen molar-refractivity contribution >= 4 is 26.5 Å². The molecule has 106 valence electrons. The van der Waals surface area contributed by atoms with Crippen LogP contribution in [0, 0.1) is 5.21 Å². The second-order valence-electron chi connectivity index (χ2n) is 3.51. The lowest BCUT2D eigenvalue weighted by molar-refractivity contribution is -0.447.